The van der Waals surface area contributed by atoms with Gasteiger partial charge in [0.25, 0.3) is 0 Å². The molecule has 0 saturated heterocycles. The second-order valence-electron chi connectivity index (χ2n) is 2.94. The minimum atomic E-state index is -0.797. The van der Waals surface area contributed by atoms with Gasteiger partial charge in [0.1, 0.15) is 0 Å². The molecule has 0 amide bonds. The van der Waals surface area contributed by atoms with Crippen molar-refractivity contribution in [3.63, 3.8) is 0 Å². The lowest BCUT2D eigenvalue weighted by atomic mass is 10.1. The Labute approximate surface area is 75.2 Å². The standard InChI is InChI=1S/C8H11NO2S/c1-5(2)7-3-6(12-9-7)4-8(10)11/h3,5H,4H2,1-2H3,(H,10,11). The van der Waals surface area contributed by atoms with Crippen molar-refractivity contribution in [2.45, 2.75) is 26.2 Å². The Hall–Kier alpha value is -0.900. The minimum Gasteiger partial charge on any atom is -0.481 e. The van der Waals surface area contributed by atoms with E-state index in [1.807, 2.05) is 19.9 Å². The maximum Gasteiger partial charge on any atom is 0.308 e. The topological polar surface area (TPSA) is 50.2 Å². The summed E-state index contributed by atoms with van der Waals surface area (Å²) in [6.07, 6.45) is 0.0877. The van der Waals surface area contributed by atoms with Crippen LogP contribution < -0.4 is 0 Å². The fourth-order valence-electron chi connectivity index (χ4n) is 0.833. The normalized spacial score (nSPS) is 10.6. The monoisotopic (exact) mass is 185 g/mol. The molecule has 0 bridgehead atoms. The summed E-state index contributed by atoms with van der Waals surface area (Å²) in [4.78, 5) is 11.2. The van der Waals surface area contributed by atoms with E-state index in [1.54, 1.807) is 0 Å². The molecule has 0 fully saturated rings. The third-order valence-corrected chi connectivity index (χ3v) is 2.29. The Balaban J connectivity index is 2.70. The lowest BCUT2D eigenvalue weighted by molar-refractivity contribution is -0.136. The fourth-order valence-corrected chi connectivity index (χ4v) is 1.68. The van der Waals surface area contributed by atoms with E-state index in [0.29, 0.717) is 5.92 Å². The molecule has 1 aromatic heterocycles. The number of rotatable bonds is 3. The van der Waals surface area contributed by atoms with Crippen molar-refractivity contribution in [2.75, 3.05) is 0 Å². The molecule has 0 atom stereocenters. The molecule has 66 valence electrons. The molecule has 0 aliphatic heterocycles. The number of carbonyl (C=O) groups is 1. The number of carboxylic acids is 1. The molecule has 0 unspecified atom stereocenters. The Morgan fingerprint density at radius 3 is 2.83 bits per heavy atom. The number of nitrogens with zero attached hydrogens (tertiary/aromatic N) is 1. The van der Waals surface area contributed by atoms with E-state index in [4.69, 9.17) is 5.11 Å². The van der Waals surface area contributed by atoms with Crippen LogP contribution in [0.5, 0.6) is 0 Å². The quantitative estimate of drug-likeness (QED) is 0.782. The molecule has 1 N–H and O–H groups in total. The Kier molecular flexibility index (Phi) is 2.81. The van der Waals surface area contributed by atoms with Gasteiger partial charge in [-0.05, 0) is 23.5 Å². The van der Waals surface area contributed by atoms with Crippen LogP contribution in [0.15, 0.2) is 6.07 Å². The summed E-state index contributed by atoms with van der Waals surface area (Å²) in [5.41, 5.74) is 0.983. The highest BCUT2D eigenvalue weighted by molar-refractivity contribution is 7.05. The molecule has 1 rings (SSSR count). The summed E-state index contributed by atoms with van der Waals surface area (Å²) in [6.45, 7) is 4.08. The van der Waals surface area contributed by atoms with E-state index in [2.05, 4.69) is 4.37 Å². The average molecular weight is 185 g/mol. The first-order chi connectivity index (χ1) is 5.59. The van der Waals surface area contributed by atoms with Crippen molar-refractivity contribution in [2.24, 2.45) is 0 Å². The predicted molar refractivity (Wildman–Crippen MR) is 47.5 cm³/mol. The highest BCUT2D eigenvalue weighted by Crippen LogP contribution is 2.17. The Morgan fingerprint density at radius 2 is 2.42 bits per heavy atom. The van der Waals surface area contributed by atoms with Gasteiger partial charge in [-0.25, -0.2) is 0 Å². The van der Waals surface area contributed by atoms with Gasteiger partial charge in [0, 0.05) is 4.88 Å². The van der Waals surface area contributed by atoms with Gasteiger partial charge in [0.15, 0.2) is 0 Å². The van der Waals surface area contributed by atoms with Gasteiger partial charge in [-0.1, -0.05) is 13.8 Å². The van der Waals surface area contributed by atoms with Crippen LogP contribution in [0.4, 0.5) is 0 Å². The number of carboxylic acid groups (broad SMARTS) is 1. The number of hydrogen-bond acceptors (Lipinski definition) is 3. The van der Waals surface area contributed by atoms with E-state index in [0.717, 1.165) is 10.6 Å². The molecule has 0 radical (unpaired) electrons. The van der Waals surface area contributed by atoms with E-state index >= 15 is 0 Å². The van der Waals surface area contributed by atoms with Crippen LogP contribution in [0.25, 0.3) is 0 Å². The number of aromatic nitrogens is 1. The fraction of sp³-hybridized carbons (Fsp3) is 0.500. The second kappa shape index (κ2) is 3.67. The van der Waals surface area contributed by atoms with Crippen molar-refractivity contribution in [1.82, 2.24) is 4.37 Å². The van der Waals surface area contributed by atoms with E-state index < -0.39 is 5.97 Å². The summed E-state index contributed by atoms with van der Waals surface area (Å²) in [7, 11) is 0. The molecule has 4 heteroatoms. The van der Waals surface area contributed by atoms with Crippen molar-refractivity contribution in [3.05, 3.63) is 16.6 Å². The van der Waals surface area contributed by atoms with Gasteiger partial charge in [-0.3, -0.25) is 4.79 Å². The van der Waals surface area contributed by atoms with Gasteiger partial charge >= 0.3 is 5.97 Å². The first-order valence-corrected chi connectivity index (χ1v) is 4.54. The maximum absolute atomic E-state index is 10.3. The van der Waals surface area contributed by atoms with Crippen LogP contribution in [-0.2, 0) is 11.2 Å². The van der Waals surface area contributed by atoms with Crippen molar-refractivity contribution >= 4 is 17.5 Å². The summed E-state index contributed by atoms with van der Waals surface area (Å²) < 4.78 is 4.15. The highest BCUT2D eigenvalue weighted by Gasteiger charge is 2.07. The van der Waals surface area contributed by atoms with Gasteiger partial charge in [-0.2, -0.15) is 4.37 Å². The molecule has 0 aromatic carbocycles. The molecule has 3 nitrogen and oxygen atoms in total. The van der Waals surface area contributed by atoms with E-state index in [1.165, 1.54) is 11.5 Å². The lowest BCUT2D eigenvalue weighted by Gasteiger charge is -1.95. The van der Waals surface area contributed by atoms with Crippen LogP contribution in [0, 0.1) is 0 Å². The van der Waals surface area contributed by atoms with Gasteiger partial charge in [-0.15, -0.1) is 0 Å². The summed E-state index contributed by atoms with van der Waals surface area (Å²) in [5, 5.41) is 8.49. The van der Waals surface area contributed by atoms with Gasteiger partial charge in [0.05, 0.1) is 12.1 Å². The minimum absolute atomic E-state index is 0.0877. The predicted octanol–water partition coefficient (Wildman–Crippen LogP) is 1.89. The smallest absolute Gasteiger partial charge is 0.308 e. The highest BCUT2D eigenvalue weighted by atomic mass is 32.1. The molecule has 0 aliphatic carbocycles. The largest absolute Gasteiger partial charge is 0.481 e. The average Bonchev–Trinajstić information content (AvgIpc) is 2.34. The van der Waals surface area contributed by atoms with Crippen LogP contribution in [0.1, 0.15) is 30.3 Å². The van der Waals surface area contributed by atoms with Gasteiger partial charge < -0.3 is 5.11 Å². The zero-order chi connectivity index (χ0) is 9.14. The third-order valence-electron chi connectivity index (χ3n) is 1.49. The first kappa shape index (κ1) is 9.19. The van der Waals surface area contributed by atoms with Crippen LogP contribution in [0.2, 0.25) is 0 Å². The Bertz CT molecular complexity index is 280. The van der Waals surface area contributed by atoms with Crippen LogP contribution in [0.3, 0.4) is 0 Å². The Morgan fingerprint density at radius 1 is 1.75 bits per heavy atom. The van der Waals surface area contributed by atoms with Crippen LogP contribution in [-0.4, -0.2) is 15.4 Å². The molecule has 0 saturated carbocycles. The van der Waals surface area contributed by atoms with Crippen molar-refractivity contribution in [1.29, 1.82) is 0 Å². The van der Waals surface area contributed by atoms with Crippen LogP contribution >= 0.6 is 11.5 Å². The molecular weight excluding hydrogens is 174 g/mol. The second-order valence-corrected chi connectivity index (χ2v) is 3.83. The zero-order valence-electron chi connectivity index (χ0n) is 7.07. The molecule has 12 heavy (non-hydrogen) atoms. The third kappa shape index (κ3) is 2.30. The summed E-state index contributed by atoms with van der Waals surface area (Å²) in [5.74, 6) is -0.419. The van der Waals surface area contributed by atoms with Gasteiger partial charge in [0.2, 0.25) is 0 Å². The number of aliphatic carboxylic acids is 1. The zero-order valence-corrected chi connectivity index (χ0v) is 7.89. The summed E-state index contributed by atoms with van der Waals surface area (Å²) in [6, 6.07) is 1.86. The van der Waals surface area contributed by atoms with E-state index in [9.17, 15) is 4.79 Å². The van der Waals surface area contributed by atoms with Crippen molar-refractivity contribution < 1.29 is 9.90 Å². The first-order valence-electron chi connectivity index (χ1n) is 3.77. The maximum atomic E-state index is 10.3. The lowest BCUT2D eigenvalue weighted by Crippen LogP contribution is -1.97. The molecular formula is C8H11NO2S. The molecule has 0 aliphatic rings. The van der Waals surface area contributed by atoms with Crippen molar-refractivity contribution in [3.8, 4) is 0 Å². The molecule has 0 spiro atoms. The summed E-state index contributed by atoms with van der Waals surface area (Å²) >= 11 is 1.28. The SMILES string of the molecule is CC(C)c1cc(CC(=O)O)sn1. The molecule has 1 aromatic rings. The van der Waals surface area contributed by atoms with E-state index in [-0.39, 0.29) is 6.42 Å². The number of hydrogen-bond donors (Lipinski definition) is 1. The molecule has 1 heterocycles.